The number of halogens is 1. The molecule has 0 amide bonds. The topological polar surface area (TPSA) is 33.6 Å². The normalized spacial score (nSPS) is 24.4. The fraction of sp³-hybridized carbons (Fsp3) is 0.389. The summed E-state index contributed by atoms with van der Waals surface area (Å²) in [6.45, 7) is 6.63. The van der Waals surface area contributed by atoms with Crippen molar-refractivity contribution in [3.63, 3.8) is 0 Å². The summed E-state index contributed by atoms with van der Waals surface area (Å²) in [5.74, 6) is 0.653. The summed E-state index contributed by atoms with van der Waals surface area (Å²) < 4.78 is 5.95. The molecule has 1 N–H and O–H groups in total. The number of allylic oxidation sites excluding steroid dienone is 2. The Kier molecular flexibility index (Phi) is 4.13. The number of nitrogens with one attached hydrogen (secondary N) is 1. The number of hydrogen-bond acceptors (Lipinski definition) is 3. The molecule has 2 atom stereocenters. The van der Waals surface area contributed by atoms with Gasteiger partial charge in [-0.15, -0.1) is 5.10 Å². The van der Waals surface area contributed by atoms with Gasteiger partial charge in [-0.1, -0.05) is 67.1 Å². The number of alkyl halides is 1. The van der Waals surface area contributed by atoms with E-state index in [9.17, 15) is 0 Å². The van der Waals surface area contributed by atoms with Gasteiger partial charge in [0.15, 0.2) is 0 Å². The average molecular weight is 361 g/mol. The smallest absolute Gasteiger partial charge is 0.240 e. The van der Waals surface area contributed by atoms with Crippen molar-refractivity contribution in [2.24, 2.45) is 5.10 Å². The molecule has 116 valence electrons. The van der Waals surface area contributed by atoms with Gasteiger partial charge in [0, 0.05) is 16.0 Å². The summed E-state index contributed by atoms with van der Waals surface area (Å²) >= 11 is 3.57. The first-order chi connectivity index (χ1) is 10.4. The Morgan fingerprint density at radius 2 is 1.95 bits per heavy atom. The summed E-state index contributed by atoms with van der Waals surface area (Å²) in [6, 6.07) is 8.43. The van der Waals surface area contributed by atoms with Crippen LogP contribution in [0.3, 0.4) is 0 Å². The lowest BCUT2D eigenvalue weighted by molar-refractivity contribution is 0.228. The highest BCUT2D eigenvalue weighted by Gasteiger charge is 2.24. The Morgan fingerprint density at radius 3 is 2.55 bits per heavy atom. The fourth-order valence-corrected chi connectivity index (χ4v) is 2.81. The van der Waals surface area contributed by atoms with Crippen LogP contribution in [0.5, 0.6) is 0 Å². The number of benzene rings is 1. The lowest BCUT2D eigenvalue weighted by atomic mass is 9.87. The molecule has 0 fully saturated rings. The molecule has 0 aromatic heterocycles. The molecule has 1 aromatic carbocycles. The molecule has 3 rings (SSSR count). The van der Waals surface area contributed by atoms with E-state index in [1.807, 2.05) is 0 Å². The van der Waals surface area contributed by atoms with Gasteiger partial charge in [-0.3, -0.25) is 5.43 Å². The largest absolute Gasteiger partial charge is 0.446 e. The van der Waals surface area contributed by atoms with E-state index in [-0.39, 0.29) is 11.6 Å². The molecule has 1 aliphatic heterocycles. The second-order valence-corrected chi connectivity index (χ2v) is 7.86. The van der Waals surface area contributed by atoms with Crippen molar-refractivity contribution in [3.8, 4) is 0 Å². The highest BCUT2D eigenvalue weighted by atomic mass is 79.9. The molecule has 22 heavy (non-hydrogen) atoms. The SMILES string of the molecule is CC(C)(C)c1ccc(C2=NNC(C3=CCC(Br)C=C3)O2)cc1. The summed E-state index contributed by atoms with van der Waals surface area (Å²) in [4.78, 5) is 0.419. The Labute approximate surface area is 140 Å². The Hall–Kier alpha value is -1.55. The Bertz CT molecular complexity index is 638. The molecule has 2 aliphatic rings. The zero-order valence-electron chi connectivity index (χ0n) is 13.1. The molecule has 4 heteroatoms. The van der Waals surface area contributed by atoms with Crippen LogP contribution >= 0.6 is 15.9 Å². The second-order valence-electron chi connectivity index (χ2n) is 6.69. The first kappa shape index (κ1) is 15.3. The van der Waals surface area contributed by atoms with E-state index in [0.717, 1.165) is 17.6 Å². The van der Waals surface area contributed by atoms with Crippen molar-refractivity contribution < 1.29 is 4.74 Å². The van der Waals surface area contributed by atoms with Gasteiger partial charge >= 0.3 is 0 Å². The molecule has 1 heterocycles. The highest BCUT2D eigenvalue weighted by molar-refractivity contribution is 9.09. The highest BCUT2D eigenvalue weighted by Crippen LogP contribution is 2.25. The number of ether oxygens (including phenoxy) is 1. The standard InChI is InChI=1S/C18H21BrN2O/c1-18(2,3)14-8-4-12(5-9-14)16-20-21-17(22-16)13-6-10-15(19)11-7-13/h4-10,15,17,21H,11H2,1-3H3. The molecule has 1 aromatic rings. The van der Waals surface area contributed by atoms with Crippen molar-refractivity contribution in [3.05, 3.63) is 59.2 Å². The quantitative estimate of drug-likeness (QED) is 0.800. The number of hydrogen-bond donors (Lipinski definition) is 1. The Morgan fingerprint density at radius 1 is 1.23 bits per heavy atom. The third kappa shape index (κ3) is 3.27. The zero-order chi connectivity index (χ0) is 15.7. The minimum atomic E-state index is -0.187. The zero-order valence-corrected chi connectivity index (χ0v) is 14.7. The van der Waals surface area contributed by atoms with Crippen LogP contribution in [0, 0.1) is 0 Å². The summed E-state index contributed by atoms with van der Waals surface area (Å²) in [7, 11) is 0. The number of nitrogens with zero attached hydrogens (tertiary/aromatic N) is 1. The maximum Gasteiger partial charge on any atom is 0.240 e. The van der Waals surface area contributed by atoms with Crippen LogP contribution in [-0.2, 0) is 10.2 Å². The van der Waals surface area contributed by atoms with Crippen LogP contribution in [0.4, 0.5) is 0 Å². The van der Waals surface area contributed by atoms with E-state index >= 15 is 0 Å². The van der Waals surface area contributed by atoms with E-state index < -0.39 is 0 Å². The molecular formula is C18H21BrN2O. The minimum Gasteiger partial charge on any atom is -0.446 e. The van der Waals surface area contributed by atoms with E-state index in [2.05, 4.69) is 89.7 Å². The third-order valence-electron chi connectivity index (χ3n) is 3.89. The maximum atomic E-state index is 5.95. The van der Waals surface area contributed by atoms with E-state index in [0.29, 0.717) is 10.7 Å². The van der Waals surface area contributed by atoms with E-state index in [4.69, 9.17) is 4.74 Å². The minimum absolute atomic E-state index is 0.154. The van der Waals surface area contributed by atoms with Crippen LogP contribution in [-0.4, -0.2) is 17.0 Å². The lowest BCUT2D eigenvalue weighted by Gasteiger charge is -2.19. The molecule has 3 nitrogen and oxygen atoms in total. The van der Waals surface area contributed by atoms with Crippen LogP contribution in [0.2, 0.25) is 0 Å². The summed E-state index contributed by atoms with van der Waals surface area (Å²) in [5.41, 5.74) is 6.65. The number of hydrazone groups is 1. The van der Waals surface area contributed by atoms with Gasteiger partial charge in [-0.05, 0) is 29.5 Å². The first-order valence-corrected chi connectivity index (χ1v) is 8.48. The summed E-state index contributed by atoms with van der Waals surface area (Å²) in [5, 5.41) is 4.33. The second kappa shape index (κ2) is 5.92. The predicted molar refractivity (Wildman–Crippen MR) is 94.2 cm³/mol. The molecule has 1 aliphatic carbocycles. The molecule has 0 bridgehead atoms. The van der Waals surface area contributed by atoms with Crippen molar-refractivity contribution in [1.29, 1.82) is 0 Å². The predicted octanol–water partition coefficient (Wildman–Crippen LogP) is 4.24. The van der Waals surface area contributed by atoms with E-state index in [1.54, 1.807) is 0 Å². The van der Waals surface area contributed by atoms with Crippen LogP contribution in [0.1, 0.15) is 38.3 Å². The molecule has 0 saturated carbocycles. The van der Waals surface area contributed by atoms with Gasteiger partial charge in [0.2, 0.25) is 12.1 Å². The van der Waals surface area contributed by atoms with Crippen LogP contribution < -0.4 is 5.43 Å². The van der Waals surface area contributed by atoms with Gasteiger partial charge in [0.25, 0.3) is 0 Å². The van der Waals surface area contributed by atoms with E-state index in [1.165, 1.54) is 5.56 Å². The monoisotopic (exact) mass is 360 g/mol. The lowest BCUT2D eigenvalue weighted by Crippen LogP contribution is -2.25. The van der Waals surface area contributed by atoms with Crippen LogP contribution in [0.15, 0.2) is 53.2 Å². The summed E-state index contributed by atoms with van der Waals surface area (Å²) in [6.07, 6.45) is 7.19. The van der Waals surface area contributed by atoms with Crippen molar-refractivity contribution >= 4 is 21.8 Å². The van der Waals surface area contributed by atoms with Gasteiger partial charge in [-0.25, -0.2) is 0 Å². The first-order valence-electron chi connectivity index (χ1n) is 7.56. The van der Waals surface area contributed by atoms with Crippen LogP contribution in [0.25, 0.3) is 0 Å². The molecule has 0 radical (unpaired) electrons. The van der Waals surface area contributed by atoms with Gasteiger partial charge in [0.1, 0.15) is 0 Å². The average Bonchev–Trinajstić information content (AvgIpc) is 2.97. The molecular weight excluding hydrogens is 340 g/mol. The van der Waals surface area contributed by atoms with Gasteiger partial charge in [0.05, 0.1) is 0 Å². The van der Waals surface area contributed by atoms with Crippen molar-refractivity contribution in [2.45, 2.75) is 43.7 Å². The fourth-order valence-electron chi connectivity index (χ4n) is 2.47. The molecule has 0 spiro atoms. The van der Waals surface area contributed by atoms with Crippen molar-refractivity contribution in [1.82, 2.24) is 5.43 Å². The maximum absolute atomic E-state index is 5.95. The molecule has 0 saturated heterocycles. The van der Waals surface area contributed by atoms with Gasteiger partial charge in [-0.2, -0.15) is 0 Å². The number of rotatable bonds is 2. The molecule has 2 unspecified atom stereocenters. The Balaban J connectivity index is 1.69. The van der Waals surface area contributed by atoms with Gasteiger partial charge < -0.3 is 4.74 Å². The third-order valence-corrected chi connectivity index (χ3v) is 4.57. The van der Waals surface area contributed by atoms with Crippen molar-refractivity contribution in [2.75, 3.05) is 0 Å².